The summed E-state index contributed by atoms with van der Waals surface area (Å²) in [4.78, 5) is 3.76. The summed E-state index contributed by atoms with van der Waals surface area (Å²) in [5, 5.41) is 0. The molecule has 0 aliphatic heterocycles. The minimum absolute atomic E-state index is 0.250. The molecule has 1 heterocycles. The summed E-state index contributed by atoms with van der Waals surface area (Å²) < 4.78 is 18.5. The van der Waals surface area contributed by atoms with Crippen LogP contribution in [0.25, 0.3) is 0 Å². The number of hydrogen-bond donors (Lipinski definition) is 1. The molecule has 2 rings (SSSR count). The monoisotopic (exact) mass is 232 g/mol. The molecule has 88 valence electrons. The van der Waals surface area contributed by atoms with Gasteiger partial charge < -0.3 is 10.5 Å². The Kier molecular flexibility index (Phi) is 3.23. The van der Waals surface area contributed by atoms with Crippen LogP contribution in [0.4, 0.5) is 10.1 Å². The largest absolute Gasteiger partial charge is 0.486 e. The Hall–Kier alpha value is -2.10. The zero-order valence-electron chi connectivity index (χ0n) is 9.48. The minimum atomic E-state index is -0.371. The van der Waals surface area contributed by atoms with E-state index in [0.717, 1.165) is 11.8 Å². The topological polar surface area (TPSA) is 48.1 Å². The maximum Gasteiger partial charge on any atom is 0.145 e. The van der Waals surface area contributed by atoms with E-state index in [2.05, 4.69) is 4.98 Å². The predicted octanol–water partition coefficient (Wildman–Crippen LogP) is 2.69. The molecule has 0 atom stereocenters. The molecule has 2 N–H and O–H groups in total. The smallest absolute Gasteiger partial charge is 0.145 e. The van der Waals surface area contributed by atoms with Gasteiger partial charge in [-0.1, -0.05) is 12.1 Å². The third-order valence-electron chi connectivity index (χ3n) is 2.39. The molecule has 0 bridgehead atoms. The fourth-order valence-electron chi connectivity index (χ4n) is 1.56. The van der Waals surface area contributed by atoms with Crippen molar-refractivity contribution < 1.29 is 9.13 Å². The maximum absolute atomic E-state index is 12.9. The van der Waals surface area contributed by atoms with Gasteiger partial charge in [0.1, 0.15) is 18.2 Å². The Morgan fingerprint density at radius 2 is 2.18 bits per heavy atom. The SMILES string of the molecule is Cc1cccc(N)c1OCc1cncc(F)c1. The number of benzene rings is 1. The van der Waals surface area contributed by atoms with Crippen molar-refractivity contribution in [3.05, 3.63) is 53.6 Å². The lowest BCUT2D eigenvalue weighted by atomic mass is 10.2. The average molecular weight is 232 g/mol. The molecule has 0 amide bonds. The van der Waals surface area contributed by atoms with Crippen LogP contribution >= 0.6 is 0 Å². The molecule has 0 aliphatic carbocycles. The van der Waals surface area contributed by atoms with E-state index >= 15 is 0 Å². The van der Waals surface area contributed by atoms with Gasteiger partial charge in [-0.3, -0.25) is 4.98 Å². The van der Waals surface area contributed by atoms with Crippen molar-refractivity contribution in [2.45, 2.75) is 13.5 Å². The van der Waals surface area contributed by atoms with Gasteiger partial charge in [-0.2, -0.15) is 0 Å². The molecule has 1 aromatic heterocycles. The molecule has 0 spiro atoms. The Morgan fingerprint density at radius 3 is 2.88 bits per heavy atom. The molecule has 0 saturated heterocycles. The summed E-state index contributed by atoms with van der Waals surface area (Å²) in [6.45, 7) is 2.16. The van der Waals surface area contributed by atoms with Gasteiger partial charge in [-0.05, 0) is 24.6 Å². The van der Waals surface area contributed by atoms with Gasteiger partial charge in [-0.25, -0.2) is 4.39 Å². The minimum Gasteiger partial charge on any atom is -0.486 e. The number of rotatable bonds is 3. The van der Waals surface area contributed by atoms with E-state index in [0.29, 0.717) is 17.0 Å². The molecule has 0 unspecified atom stereocenters. The van der Waals surface area contributed by atoms with Gasteiger partial charge in [0.05, 0.1) is 11.9 Å². The summed E-state index contributed by atoms with van der Waals surface area (Å²) in [6, 6.07) is 6.93. The molecule has 17 heavy (non-hydrogen) atoms. The second-order valence-corrected chi connectivity index (χ2v) is 3.79. The van der Waals surface area contributed by atoms with Crippen molar-refractivity contribution in [1.82, 2.24) is 4.98 Å². The summed E-state index contributed by atoms with van der Waals surface area (Å²) in [5.41, 5.74) is 8.01. The number of aryl methyl sites for hydroxylation is 1. The van der Waals surface area contributed by atoms with E-state index in [4.69, 9.17) is 10.5 Å². The van der Waals surface area contributed by atoms with Crippen molar-refractivity contribution in [2.75, 3.05) is 5.73 Å². The van der Waals surface area contributed by atoms with Crippen molar-refractivity contribution in [3.63, 3.8) is 0 Å². The summed E-state index contributed by atoms with van der Waals surface area (Å²) >= 11 is 0. The van der Waals surface area contributed by atoms with Crippen molar-refractivity contribution >= 4 is 5.69 Å². The first kappa shape index (κ1) is 11.4. The van der Waals surface area contributed by atoms with Crippen molar-refractivity contribution in [1.29, 1.82) is 0 Å². The highest BCUT2D eigenvalue weighted by Gasteiger charge is 2.04. The van der Waals surface area contributed by atoms with Crippen LogP contribution in [0, 0.1) is 12.7 Å². The molecule has 1 aromatic carbocycles. The van der Waals surface area contributed by atoms with Crippen LogP contribution in [0.3, 0.4) is 0 Å². The van der Waals surface area contributed by atoms with E-state index in [1.165, 1.54) is 6.07 Å². The molecular formula is C13H13FN2O. The van der Waals surface area contributed by atoms with E-state index in [-0.39, 0.29) is 12.4 Å². The van der Waals surface area contributed by atoms with E-state index < -0.39 is 0 Å². The lowest BCUT2D eigenvalue weighted by Gasteiger charge is -2.11. The molecule has 0 saturated carbocycles. The number of anilines is 1. The number of nitrogens with zero attached hydrogens (tertiary/aromatic N) is 1. The number of halogens is 1. The second-order valence-electron chi connectivity index (χ2n) is 3.79. The third-order valence-corrected chi connectivity index (χ3v) is 2.39. The number of pyridine rings is 1. The summed E-state index contributed by atoms with van der Waals surface area (Å²) in [7, 11) is 0. The van der Waals surface area contributed by atoms with E-state index in [9.17, 15) is 4.39 Å². The highest BCUT2D eigenvalue weighted by Crippen LogP contribution is 2.26. The number of aromatic nitrogens is 1. The number of ether oxygens (including phenoxy) is 1. The highest BCUT2D eigenvalue weighted by atomic mass is 19.1. The Morgan fingerprint density at radius 1 is 1.35 bits per heavy atom. The van der Waals surface area contributed by atoms with Crippen LogP contribution in [0.5, 0.6) is 5.75 Å². The van der Waals surface area contributed by atoms with E-state index in [1.807, 2.05) is 19.1 Å². The molecule has 2 aromatic rings. The van der Waals surface area contributed by atoms with Crippen molar-refractivity contribution in [3.8, 4) is 5.75 Å². The molecule has 0 fully saturated rings. The lowest BCUT2D eigenvalue weighted by molar-refractivity contribution is 0.304. The van der Waals surface area contributed by atoms with Crippen LogP contribution < -0.4 is 10.5 Å². The zero-order chi connectivity index (χ0) is 12.3. The lowest BCUT2D eigenvalue weighted by Crippen LogP contribution is -2.01. The Bertz CT molecular complexity index is 508. The normalized spacial score (nSPS) is 10.2. The first-order valence-electron chi connectivity index (χ1n) is 5.24. The van der Waals surface area contributed by atoms with Gasteiger partial charge in [0.15, 0.2) is 0 Å². The molecule has 4 heteroatoms. The number of nitrogen functional groups attached to an aromatic ring is 1. The van der Waals surface area contributed by atoms with Crippen LogP contribution in [0.15, 0.2) is 36.7 Å². The van der Waals surface area contributed by atoms with Gasteiger partial charge in [0.2, 0.25) is 0 Å². The van der Waals surface area contributed by atoms with Crippen LogP contribution in [-0.4, -0.2) is 4.98 Å². The number of nitrogens with two attached hydrogens (primary N) is 1. The molecular weight excluding hydrogens is 219 g/mol. The third kappa shape index (κ3) is 2.72. The molecule has 0 radical (unpaired) electrons. The number of para-hydroxylation sites is 1. The Labute approximate surface area is 99.1 Å². The first-order chi connectivity index (χ1) is 8.16. The number of hydrogen-bond acceptors (Lipinski definition) is 3. The maximum atomic E-state index is 12.9. The quantitative estimate of drug-likeness (QED) is 0.828. The molecule has 3 nitrogen and oxygen atoms in total. The standard InChI is InChI=1S/C13H13FN2O/c1-9-3-2-4-12(15)13(9)17-8-10-5-11(14)7-16-6-10/h2-7H,8,15H2,1H3. The fourth-order valence-corrected chi connectivity index (χ4v) is 1.56. The van der Waals surface area contributed by atoms with Gasteiger partial charge in [0, 0.05) is 11.8 Å². The van der Waals surface area contributed by atoms with Gasteiger partial charge in [-0.15, -0.1) is 0 Å². The first-order valence-corrected chi connectivity index (χ1v) is 5.24. The molecule has 0 aliphatic rings. The van der Waals surface area contributed by atoms with Gasteiger partial charge in [0.25, 0.3) is 0 Å². The highest BCUT2D eigenvalue weighted by molar-refractivity contribution is 5.56. The van der Waals surface area contributed by atoms with Crippen LogP contribution in [0.2, 0.25) is 0 Å². The predicted molar refractivity (Wildman–Crippen MR) is 64.1 cm³/mol. The second kappa shape index (κ2) is 4.82. The summed E-state index contributed by atoms with van der Waals surface area (Å²) in [5.74, 6) is 0.264. The van der Waals surface area contributed by atoms with Crippen LogP contribution in [0.1, 0.15) is 11.1 Å². The fraction of sp³-hybridized carbons (Fsp3) is 0.154. The Balaban J connectivity index is 2.13. The van der Waals surface area contributed by atoms with Crippen molar-refractivity contribution in [2.24, 2.45) is 0 Å². The zero-order valence-corrected chi connectivity index (χ0v) is 9.48. The van der Waals surface area contributed by atoms with Gasteiger partial charge >= 0.3 is 0 Å². The average Bonchev–Trinajstić information content (AvgIpc) is 2.28. The van der Waals surface area contributed by atoms with E-state index in [1.54, 1.807) is 12.3 Å². The summed E-state index contributed by atoms with van der Waals surface area (Å²) in [6.07, 6.45) is 2.73. The van der Waals surface area contributed by atoms with Crippen LogP contribution in [-0.2, 0) is 6.61 Å².